The van der Waals surface area contributed by atoms with Crippen LogP contribution in [0.5, 0.6) is 0 Å². The molecule has 0 atom stereocenters. The second kappa shape index (κ2) is 5.38. The van der Waals surface area contributed by atoms with Crippen LogP contribution in [0.15, 0.2) is 47.6 Å². The Labute approximate surface area is 112 Å². The predicted molar refractivity (Wildman–Crippen MR) is 73.9 cm³/mol. The maximum Gasteiger partial charge on any atom is 0.244 e. The van der Waals surface area contributed by atoms with Crippen LogP contribution in [-0.2, 0) is 16.6 Å². The van der Waals surface area contributed by atoms with Gasteiger partial charge in [-0.25, -0.2) is 13.1 Å². The van der Waals surface area contributed by atoms with Crippen molar-refractivity contribution in [1.82, 2.24) is 9.71 Å². The fraction of sp³-hybridized carbons (Fsp3) is 0.154. The van der Waals surface area contributed by atoms with E-state index in [-0.39, 0.29) is 17.1 Å². The van der Waals surface area contributed by atoms with E-state index in [9.17, 15) is 8.42 Å². The van der Waals surface area contributed by atoms with E-state index in [0.29, 0.717) is 0 Å². The number of hydrogen-bond acceptors (Lipinski definition) is 4. The van der Waals surface area contributed by atoms with Crippen molar-refractivity contribution in [3.05, 3.63) is 53.9 Å². The number of rotatable bonds is 4. The van der Waals surface area contributed by atoms with Crippen LogP contribution in [-0.4, -0.2) is 13.4 Å². The molecule has 2 rings (SSSR count). The summed E-state index contributed by atoms with van der Waals surface area (Å²) in [4.78, 5) is 3.78. The average Bonchev–Trinajstić information content (AvgIpc) is 2.37. The normalized spacial score (nSPS) is 11.4. The maximum atomic E-state index is 12.1. The van der Waals surface area contributed by atoms with Crippen LogP contribution in [0.1, 0.15) is 11.1 Å². The summed E-state index contributed by atoms with van der Waals surface area (Å²) in [5.74, 6) is 0. The minimum absolute atomic E-state index is 0.00246. The third-order valence-electron chi connectivity index (χ3n) is 2.65. The summed E-state index contributed by atoms with van der Waals surface area (Å²) in [6.45, 7) is 2.18. The molecule has 0 saturated heterocycles. The molecular formula is C13H15N3O2S. The second-order valence-corrected chi connectivity index (χ2v) is 5.96. The first kappa shape index (κ1) is 13.5. The number of aromatic nitrogens is 1. The third-order valence-corrected chi connectivity index (χ3v) is 4.10. The van der Waals surface area contributed by atoms with Crippen LogP contribution >= 0.6 is 0 Å². The van der Waals surface area contributed by atoms with Crippen molar-refractivity contribution in [3.8, 4) is 0 Å². The van der Waals surface area contributed by atoms with E-state index < -0.39 is 10.0 Å². The Morgan fingerprint density at radius 2 is 2.11 bits per heavy atom. The van der Waals surface area contributed by atoms with E-state index in [1.54, 1.807) is 0 Å². The zero-order chi connectivity index (χ0) is 13.9. The molecule has 100 valence electrons. The fourth-order valence-corrected chi connectivity index (χ4v) is 2.78. The van der Waals surface area contributed by atoms with Crippen LogP contribution in [0.2, 0.25) is 0 Å². The Hall–Kier alpha value is -1.92. The van der Waals surface area contributed by atoms with Gasteiger partial charge in [-0.15, -0.1) is 0 Å². The lowest BCUT2D eigenvalue weighted by Gasteiger charge is -2.08. The molecule has 0 aliphatic rings. The zero-order valence-corrected chi connectivity index (χ0v) is 11.3. The molecule has 0 bridgehead atoms. The molecule has 19 heavy (non-hydrogen) atoms. The molecule has 2 aromatic rings. The summed E-state index contributed by atoms with van der Waals surface area (Å²) >= 11 is 0. The molecule has 0 spiro atoms. The van der Waals surface area contributed by atoms with Gasteiger partial charge in [0, 0.05) is 18.9 Å². The van der Waals surface area contributed by atoms with Gasteiger partial charge < -0.3 is 5.73 Å². The number of sulfonamides is 1. The van der Waals surface area contributed by atoms with Crippen LogP contribution in [0, 0.1) is 6.92 Å². The molecule has 5 nitrogen and oxygen atoms in total. The van der Waals surface area contributed by atoms with Gasteiger partial charge in [-0.2, -0.15) is 0 Å². The van der Waals surface area contributed by atoms with Crippen LogP contribution < -0.4 is 10.5 Å². The van der Waals surface area contributed by atoms with Gasteiger partial charge in [-0.1, -0.05) is 29.8 Å². The molecule has 0 fully saturated rings. The highest BCUT2D eigenvalue weighted by molar-refractivity contribution is 7.89. The van der Waals surface area contributed by atoms with Crippen LogP contribution in [0.3, 0.4) is 0 Å². The van der Waals surface area contributed by atoms with Crippen molar-refractivity contribution in [1.29, 1.82) is 0 Å². The molecule has 1 aromatic heterocycles. The molecular weight excluding hydrogens is 262 g/mol. The minimum atomic E-state index is -3.64. The first-order valence-corrected chi connectivity index (χ1v) is 7.22. The highest BCUT2D eigenvalue weighted by Gasteiger charge is 2.16. The third kappa shape index (κ3) is 3.30. The fourth-order valence-electron chi connectivity index (χ4n) is 1.69. The van der Waals surface area contributed by atoms with Gasteiger partial charge in [0.25, 0.3) is 0 Å². The molecule has 3 N–H and O–H groups in total. The van der Waals surface area contributed by atoms with Gasteiger partial charge >= 0.3 is 0 Å². The van der Waals surface area contributed by atoms with E-state index >= 15 is 0 Å². The molecule has 1 heterocycles. The minimum Gasteiger partial charge on any atom is -0.398 e. The SMILES string of the molecule is Cc1cccc(CNS(=O)(=O)c2cnccc2N)c1. The number of nitrogens with zero attached hydrogens (tertiary/aromatic N) is 1. The Bertz CT molecular complexity index is 684. The summed E-state index contributed by atoms with van der Waals surface area (Å²) in [5.41, 5.74) is 7.80. The standard InChI is InChI=1S/C13H15N3O2S/c1-10-3-2-4-11(7-10)8-16-19(17,18)13-9-15-6-5-12(13)14/h2-7,9,16H,8H2,1H3,(H2,14,15). The van der Waals surface area contributed by atoms with Gasteiger partial charge in [-0.3, -0.25) is 4.98 Å². The van der Waals surface area contributed by atoms with E-state index in [1.807, 2.05) is 31.2 Å². The van der Waals surface area contributed by atoms with Crippen molar-refractivity contribution < 1.29 is 8.42 Å². The Morgan fingerprint density at radius 3 is 2.79 bits per heavy atom. The summed E-state index contributed by atoms with van der Waals surface area (Å²) < 4.78 is 26.7. The second-order valence-electron chi connectivity index (χ2n) is 4.23. The average molecular weight is 277 g/mol. The monoisotopic (exact) mass is 277 g/mol. The summed E-state index contributed by atoms with van der Waals surface area (Å²) in [5, 5.41) is 0. The van der Waals surface area contributed by atoms with E-state index in [0.717, 1.165) is 11.1 Å². The Kier molecular flexibility index (Phi) is 3.82. The highest BCUT2D eigenvalue weighted by atomic mass is 32.2. The molecule has 0 aliphatic carbocycles. The smallest absolute Gasteiger partial charge is 0.244 e. The van der Waals surface area contributed by atoms with E-state index in [2.05, 4.69) is 9.71 Å². The number of anilines is 1. The molecule has 0 amide bonds. The van der Waals surface area contributed by atoms with Crippen LogP contribution in [0.25, 0.3) is 0 Å². The van der Waals surface area contributed by atoms with Crippen molar-refractivity contribution >= 4 is 15.7 Å². The largest absolute Gasteiger partial charge is 0.398 e. The number of nitrogens with two attached hydrogens (primary N) is 1. The lowest BCUT2D eigenvalue weighted by atomic mass is 10.1. The van der Waals surface area contributed by atoms with Gasteiger partial charge in [0.05, 0.1) is 5.69 Å². The number of nitrogen functional groups attached to an aromatic ring is 1. The predicted octanol–water partition coefficient (Wildman–Crippen LogP) is 1.45. The quantitative estimate of drug-likeness (QED) is 0.885. The van der Waals surface area contributed by atoms with Gasteiger partial charge in [0.2, 0.25) is 10.0 Å². The number of aryl methyl sites for hydroxylation is 1. The summed E-state index contributed by atoms with van der Waals surface area (Å²) in [6, 6.07) is 9.09. The Balaban J connectivity index is 2.17. The van der Waals surface area contributed by atoms with Crippen LogP contribution in [0.4, 0.5) is 5.69 Å². The molecule has 0 saturated carbocycles. The highest BCUT2D eigenvalue weighted by Crippen LogP contribution is 2.16. The number of benzene rings is 1. The first-order chi connectivity index (χ1) is 8.99. The molecule has 0 radical (unpaired) electrons. The van der Waals surface area contributed by atoms with Gasteiger partial charge in [0.1, 0.15) is 4.90 Å². The van der Waals surface area contributed by atoms with E-state index in [4.69, 9.17) is 5.73 Å². The topological polar surface area (TPSA) is 85.1 Å². The molecule has 1 aromatic carbocycles. The zero-order valence-electron chi connectivity index (χ0n) is 10.5. The van der Waals surface area contributed by atoms with Crippen molar-refractivity contribution in [3.63, 3.8) is 0 Å². The lowest BCUT2D eigenvalue weighted by Crippen LogP contribution is -2.24. The number of nitrogens with one attached hydrogen (secondary N) is 1. The van der Waals surface area contributed by atoms with E-state index in [1.165, 1.54) is 18.5 Å². The first-order valence-electron chi connectivity index (χ1n) is 5.74. The molecule has 6 heteroatoms. The van der Waals surface area contributed by atoms with Crippen molar-refractivity contribution in [2.45, 2.75) is 18.4 Å². The summed E-state index contributed by atoms with van der Waals surface area (Å²) in [6.07, 6.45) is 2.70. The lowest BCUT2D eigenvalue weighted by molar-refractivity contribution is 0.581. The Morgan fingerprint density at radius 1 is 1.32 bits per heavy atom. The summed E-state index contributed by atoms with van der Waals surface area (Å²) in [7, 11) is -3.64. The van der Waals surface area contributed by atoms with Crippen molar-refractivity contribution in [2.24, 2.45) is 0 Å². The number of hydrogen-bond donors (Lipinski definition) is 2. The van der Waals surface area contributed by atoms with Gasteiger partial charge in [0.15, 0.2) is 0 Å². The molecule has 0 unspecified atom stereocenters. The van der Waals surface area contributed by atoms with Gasteiger partial charge in [-0.05, 0) is 18.6 Å². The molecule has 0 aliphatic heterocycles. The maximum absolute atomic E-state index is 12.1. The number of pyridine rings is 1. The van der Waals surface area contributed by atoms with Crippen molar-refractivity contribution in [2.75, 3.05) is 5.73 Å².